The second-order valence-corrected chi connectivity index (χ2v) is 4.25. The Morgan fingerprint density at radius 1 is 1.23 bits per heavy atom. The first-order valence-electron chi connectivity index (χ1n) is 3.60. The maximum atomic E-state index is 11.3. The first-order chi connectivity index (χ1) is 6.06. The van der Waals surface area contributed by atoms with Gasteiger partial charge in [-0.3, -0.25) is 5.84 Å². The highest BCUT2D eigenvalue weighted by Gasteiger charge is 2.11. The molecule has 0 unspecified atom stereocenters. The lowest BCUT2D eigenvalue weighted by Gasteiger charge is -2.04. The monoisotopic (exact) mass is 201 g/mol. The third-order valence-electron chi connectivity index (χ3n) is 1.52. The van der Waals surface area contributed by atoms with Crippen LogP contribution in [0.25, 0.3) is 0 Å². The number of hydrazine groups is 2. The van der Waals surface area contributed by atoms with E-state index in [9.17, 15) is 8.42 Å². The van der Waals surface area contributed by atoms with Gasteiger partial charge >= 0.3 is 0 Å². The fraction of sp³-hybridized carbons (Fsp3) is 0.143. The predicted octanol–water partition coefficient (Wildman–Crippen LogP) is -0.348. The molecule has 0 aliphatic heterocycles. The van der Waals surface area contributed by atoms with Crippen molar-refractivity contribution in [3.63, 3.8) is 0 Å². The molecule has 1 rings (SSSR count). The number of rotatable bonds is 3. The van der Waals surface area contributed by atoms with Gasteiger partial charge in [-0.1, -0.05) is 17.7 Å². The maximum Gasteiger partial charge on any atom is 0.254 e. The molecule has 0 saturated carbocycles. The van der Waals surface area contributed by atoms with Crippen molar-refractivity contribution in [2.24, 2.45) is 5.84 Å². The average Bonchev–Trinajstić information content (AvgIpc) is 2.05. The van der Waals surface area contributed by atoms with Crippen molar-refractivity contribution in [1.29, 1.82) is 0 Å². The molecule has 13 heavy (non-hydrogen) atoms. The molecule has 0 saturated heterocycles. The van der Waals surface area contributed by atoms with E-state index in [1.165, 1.54) is 12.1 Å². The van der Waals surface area contributed by atoms with Gasteiger partial charge in [0, 0.05) is 0 Å². The molecule has 1 aromatic carbocycles. The van der Waals surface area contributed by atoms with Gasteiger partial charge in [0.15, 0.2) is 0 Å². The molecule has 0 aliphatic rings. The topological polar surface area (TPSA) is 84.2 Å². The highest BCUT2D eigenvalue weighted by Crippen LogP contribution is 2.08. The molecule has 0 amide bonds. The molecule has 0 radical (unpaired) electrons. The summed E-state index contributed by atoms with van der Waals surface area (Å²) in [4.78, 5) is 2.13. The largest absolute Gasteiger partial charge is 0.257 e. The van der Waals surface area contributed by atoms with E-state index in [2.05, 4.69) is 0 Å². The van der Waals surface area contributed by atoms with E-state index in [1.54, 1.807) is 12.1 Å². The number of nitrogens with two attached hydrogens (primary N) is 1. The summed E-state index contributed by atoms with van der Waals surface area (Å²) in [5.41, 5.74) is 2.88. The number of sulfonamides is 1. The van der Waals surface area contributed by atoms with E-state index >= 15 is 0 Å². The molecule has 4 N–H and O–H groups in total. The lowest BCUT2D eigenvalue weighted by molar-refractivity contribution is 0.562. The van der Waals surface area contributed by atoms with E-state index in [-0.39, 0.29) is 4.90 Å². The van der Waals surface area contributed by atoms with Gasteiger partial charge in [-0.2, -0.15) is 5.53 Å². The van der Waals surface area contributed by atoms with E-state index < -0.39 is 10.0 Å². The molecular weight excluding hydrogens is 190 g/mol. The smallest absolute Gasteiger partial charge is 0.254 e. The van der Waals surface area contributed by atoms with Crippen LogP contribution in [0.2, 0.25) is 0 Å². The van der Waals surface area contributed by atoms with E-state index in [4.69, 9.17) is 5.84 Å². The quantitative estimate of drug-likeness (QED) is 0.461. The molecule has 0 aliphatic carbocycles. The van der Waals surface area contributed by atoms with Crippen LogP contribution in [0.5, 0.6) is 0 Å². The summed E-state index contributed by atoms with van der Waals surface area (Å²) in [6, 6.07) is 6.44. The Labute approximate surface area is 76.9 Å². The second-order valence-electron chi connectivity index (χ2n) is 2.56. The molecule has 0 heterocycles. The Balaban J connectivity index is 3.02. The summed E-state index contributed by atoms with van der Waals surface area (Å²) in [5, 5.41) is 0. The zero-order valence-corrected chi connectivity index (χ0v) is 7.93. The van der Waals surface area contributed by atoms with Crippen LogP contribution >= 0.6 is 0 Å². The van der Waals surface area contributed by atoms with Crippen molar-refractivity contribution in [3.05, 3.63) is 29.8 Å². The molecule has 6 heteroatoms. The molecule has 0 spiro atoms. The van der Waals surface area contributed by atoms with Gasteiger partial charge in [0.2, 0.25) is 0 Å². The van der Waals surface area contributed by atoms with Gasteiger partial charge in [0.1, 0.15) is 0 Å². The zero-order chi connectivity index (χ0) is 9.90. The Morgan fingerprint density at radius 2 is 1.77 bits per heavy atom. The minimum absolute atomic E-state index is 0.177. The number of hydrogen-bond donors (Lipinski definition) is 3. The third kappa shape index (κ3) is 2.49. The fourth-order valence-electron chi connectivity index (χ4n) is 0.854. The van der Waals surface area contributed by atoms with Gasteiger partial charge < -0.3 is 0 Å². The molecule has 5 nitrogen and oxygen atoms in total. The second kappa shape index (κ2) is 3.84. The molecule has 0 atom stereocenters. The van der Waals surface area contributed by atoms with Crippen molar-refractivity contribution < 1.29 is 8.42 Å². The Bertz CT molecular complexity index is 371. The maximum absolute atomic E-state index is 11.3. The molecule has 0 aromatic heterocycles. The third-order valence-corrected chi connectivity index (χ3v) is 2.80. The highest BCUT2D eigenvalue weighted by atomic mass is 32.2. The summed E-state index contributed by atoms with van der Waals surface area (Å²) >= 11 is 0. The van der Waals surface area contributed by atoms with Crippen molar-refractivity contribution in [3.8, 4) is 0 Å². The molecule has 0 bridgehead atoms. The molecule has 0 fully saturated rings. The van der Waals surface area contributed by atoms with Crippen LogP contribution in [0.3, 0.4) is 0 Å². The van der Waals surface area contributed by atoms with Crippen molar-refractivity contribution in [1.82, 2.24) is 10.4 Å². The van der Waals surface area contributed by atoms with Gasteiger partial charge in [-0.15, -0.1) is 4.83 Å². The first kappa shape index (κ1) is 10.1. The van der Waals surface area contributed by atoms with Crippen LogP contribution < -0.4 is 16.2 Å². The summed E-state index contributed by atoms with van der Waals surface area (Å²) < 4.78 is 22.6. The van der Waals surface area contributed by atoms with Crippen molar-refractivity contribution >= 4 is 10.0 Å². The van der Waals surface area contributed by atoms with Crippen LogP contribution in [0.4, 0.5) is 0 Å². The van der Waals surface area contributed by atoms with Crippen molar-refractivity contribution in [2.75, 3.05) is 0 Å². The van der Waals surface area contributed by atoms with Crippen LogP contribution in [0.15, 0.2) is 29.2 Å². The van der Waals surface area contributed by atoms with Crippen molar-refractivity contribution in [2.45, 2.75) is 11.8 Å². The Kier molecular flexibility index (Phi) is 2.99. The number of benzene rings is 1. The Morgan fingerprint density at radius 3 is 2.23 bits per heavy atom. The molecular formula is C7H11N3O2S. The lowest BCUT2D eigenvalue weighted by Crippen LogP contribution is -2.41. The van der Waals surface area contributed by atoms with Gasteiger partial charge in [-0.05, 0) is 19.1 Å². The normalized spacial score (nSPS) is 11.5. The van der Waals surface area contributed by atoms with Crippen LogP contribution in [-0.2, 0) is 10.0 Å². The number of aryl methyl sites for hydroxylation is 1. The summed E-state index contributed by atoms with van der Waals surface area (Å²) in [6.07, 6.45) is 0. The van der Waals surface area contributed by atoms with Crippen LogP contribution in [0.1, 0.15) is 5.56 Å². The Hall–Kier alpha value is -0.950. The highest BCUT2D eigenvalue weighted by molar-refractivity contribution is 7.89. The summed E-state index contributed by atoms with van der Waals surface area (Å²) in [6.45, 7) is 1.88. The zero-order valence-electron chi connectivity index (χ0n) is 7.11. The van der Waals surface area contributed by atoms with Gasteiger partial charge in [0.05, 0.1) is 4.90 Å². The van der Waals surface area contributed by atoms with Crippen LogP contribution in [-0.4, -0.2) is 8.42 Å². The van der Waals surface area contributed by atoms with E-state index in [1.807, 2.05) is 17.3 Å². The number of hydrogen-bond acceptors (Lipinski definition) is 4. The average molecular weight is 201 g/mol. The lowest BCUT2D eigenvalue weighted by atomic mass is 10.2. The van der Waals surface area contributed by atoms with Gasteiger partial charge in [-0.25, -0.2) is 8.42 Å². The fourth-order valence-corrected chi connectivity index (χ4v) is 1.62. The minimum Gasteiger partial charge on any atom is -0.257 e. The predicted molar refractivity (Wildman–Crippen MR) is 48.8 cm³/mol. The van der Waals surface area contributed by atoms with E-state index in [0.29, 0.717) is 0 Å². The van der Waals surface area contributed by atoms with E-state index in [0.717, 1.165) is 5.56 Å². The number of nitrogens with one attached hydrogen (secondary N) is 2. The SMILES string of the molecule is Cc1ccc(S(=O)(=O)NNN)cc1. The minimum atomic E-state index is -3.51. The summed E-state index contributed by atoms with van der Waals surface area (Å²) in [5.74, 6) is 4.84. The molecule has 72 valence electrons. The first-order valence-corrected chi connectivity index (χ1v) is 5.08. The van der Waals surface area contributed by atoms with Gasteiger partial charge in [0.25, 0.3) is 10.0 Å². The molecule has 1 aromatic rings. The van der Waals surface area contributed by atoms with Crippen LogP contribution in [0, 0.1) is 6.92 Å². The standard InChI is InChI=1S/C7H11N3O2S/c1-6-2-4-7(5-3-6)13(11,12)10-9-8/h2-5,9-10H,8H2,1H3. The summed E-state index contributed by atoms with van der Waals surface area (Å²) in [7, 11) is -3.51.